The van der Waals surface area contributed by atoms with Gasteiger partial charge < -0.3 is 20.3 Å². The highest BCUT2D eigenvalue weighted by molar-refractivity contribution is 5.98. The molecule has 0 aromatic heterocycles. The molecular weight excluding hydrogens is 370 g/mol. The number of aryl methyl sites for hydroxylation is 2. The van der Waals surface area contributed by atoms with Gasteiger partial charge in [-0.05, 0) is 68.3 Å². The number of urea groups is 1. The summed E-state index contributed by atoms with van der Waals surface area (Å²) in [5.41, 5.74) is 4.10. The summed E-state index contributed by atoms with van der Waals surface area (Å²) in [6.45, 7) is 6.51. The fourth-order valence-electron chi connectivity index (χ4n) is 3.20. The fraction of sp³-hybridized carbons (Fsp3) is 0.318. The second-order valence-corrected chi connectivity index (χ2v) is 7.07. The summed E-state index contributed by atoms with van der Waals surface area (Å²) >= 11 is 0. The Hall–Kier alpha value is -3.35. The van der Waals surface area contributed by atoms with E-state index >= 15 is 0 Å². The molecule has 1 fully saturated rings. The number of esters is 1. The van der Waals surface area contributed by atoms with Crippen molar-refractivity contribution >= 4 is 29.3 Å². The molecule has 7 heteroatoms. The zero-order chi connectivity index (χ0) is 21.0. The predicted molar refractivity (Wildman–Crippen MR) is 111 cm³/mol. The van der Waals surface area contributed by atoms with Gasteiger partial charge in [-0.25, -0.2) is 9.59 Å². The molecule has 2 aromatic rings. The molecule has 1 unspecified atom stereocenters. The van der Waals surface area contributed by atoms with Crippen molar-refractivity contribution in [3.05, 3.63) is 59.2 Å². The molecule has 1 saturated heterocycles. The van der Waals surface area contributed by atoms with Gasteiger partial charge in [0.15, 0.2) is 0 Å². The molecule has 2 N–H and O–H groups in total. The average molecular weight is 395 g/mol. The first-order valence-electron chi connectivity index (χ1n) is 9.59. The van der Waals surface area contributed by atoms with E-state index in [2.05, 4.69) is 10.6 Å². The van der Waals surface area contributed by atoms with Gasteiger partial charge in [0, 0.05) is 24.3 Å². The summed E-state index contributed by atoms with van der Waals surface area (Å²) in [4.78, 5) is 38.0. The third-order valence-corrected chi connectivity index (χ3v) is 4.92. The van der Waals surface area contributed by atoms with Crippen LogP contribution < -0.4 is 15.5 Å². The number of benzene rings is 2. The number of nitrogens with one attached hydrogen (secondary N) is 2. The minimum Gasteiger partial charge on any atom is -0.462 e. The highest BCUT2D eigenvalue weighted by Gasteiger charge is 2.31. The molecule has 7 nitrogen and oxygen atoms in total. The van der Waals surface area contributed by atoms with Gasteiger partial charge in [-0.2, -0.15) is 0 Å². The highest BCUT2D eigenvalue weighted by atomic mass is 16.5. The van der Waals surface area contributed by atoms with Gasteiger partial charge in [0.2, 0.25) is 5.91 Å². The Morgan fingerprint density at radius 3 is 2.48 bits per heavy atom. The largest absolute Gasteiger partial charge is 0.462 e. The van der Waals surface area contributed by atoms with E-state index in [0.717, 1.165) is 11.3 Å². The molecule has 0 aliphatic carbocycles. The molecule has 0 spiro atoms. The summed E-state index contributed by atoms with van der Waals surface area (Å²) in [7, 11) is 0. The summed E-state index contributed by atoms with van der Waals surface area (Å²) in [5, 5.41) is 5.56. The van der Waals surface area contributed by atoms with Gasteiger partial charge in [-0.1, -0.05) is 6.07 Å². The van der Waals surface area contributed by atoms with Crippen LogP contribution in [0.1, 0.15) is 34.8 Å². The van der Waals surface area contributed by atoms with Crippen LogP contribution in [0.4, 0.5) is 16.2 Å². The summed E-state index contributed by atoms with van der Waals surface area (Å²) in [6, 6.07) is 11.7. The number of hydrogen-bond acceptors (Lipinski definition) is 4. The maximum atomic E-state index is 12.4. The summed E-state index contributed by atoms with van der Waals surface area (Å²) in [5.74, 6) is -0.420. The van der Waals surface area contributed by atoms with E-state index in [1.54, 1.807) is 36.1 Å². The van der Waals surface area contributed by atoms with Crippen LogP contribution in [-0.4, -0.2) is 37.1 Å². The molecule has 3 rings (SSSR count). The Kier molecular flexibility index (Phi) is 6.16. The number of rotatable bonds is 5. The van der Waals surface area contributed by atoms with Crippen LogP contribution in [0.15, 0.2) is 42.5 Å². The van der Waals surface area contributed by atoms with E-state index in [4.69, 9.17) is 4.74 Å². The number of amides is 3. The van der Waals surface area contributed by atoms with Crippen LogP contribution in [0, 0.1) is 13.8 Å². The molecule has 0 radical (unpaired) electrons. The van der Waals surface area contributed by atoms with Crippen LogP contribution in [-0.2, 0) is 9.53 Å². The topological polar surface area (TPSA) is 87.7 Å². The molecular formula is C22H25N3O4. The Balaban J connectivity index is 1.56. The average Bonchev–Trinajstić information content (AvgIpc) is 3.04. The smallest absolute Gasteiger partial charge is 0.338 e. The van der Waals surface area contributed by atoms with Crippen LogP contribution >= 0.6 is 0 Å². The van der Waals surface area contributed by atoms with Crippen molar-refractivity contribution in [3.8, 4) is 0 Å². The van der Waals surface area contributed by atoms with E-state index in [0.29, 0.717) is 24.4 Å². The molecule has 3 amide bonds. The molecule has 1 atom stereocenters. The number of anilines is 2. The van der Waals surface area contributed by atoms with E-state index in [9.17, 15) is 14.4 Å². The van der Waals surface area contributed by atoms with Gasteiger partial charge in [0.25, 0.3) is 0 Å². The third-order valence-electron chi connectivity index (χ3n) is 4.92. The van der Waals surface area contributed by atoms with Crippen molar-refractivity contribution in [2.45, 2.75) is 33.2 Å². The van der Waals surface area contributed by atoms with E-state index < -0.39 is 12.0 Å². The first-order valence-corrected chi connectivity index (χ1v) is 9.59. The standard InChI is InChI=1S/C22H25N3O4/c1-4-29-21(27)16-6-8-17(9-7-16)23-22(28)24-18-12-20(26)25(13-18)19-10-5-14(2)15(3)11-19/h5-11,18H,4,12-13H2,1-3H3,(H2,23,24,28). The summed E-state index contributed by atoms with van der Waals surface area (Å²) in [6.07, 6.45) is 0.252. The Labute approximate surface area is 170 Å². The van der Waals surface area contributed by atoms with E-state index in [1.807, 2.05) is 32.0 Å². The lowest BCUT2D eigenvalue weighted by Gasteiger charge is -2.18. The molecule has 1 aliphatic heterocycles. The second kappa shape index (κ2) is 8.77. The van der Waals surface area contributed by atoms with Gasteiger partial charge in [0.1, 0.15) is 0 Å². The van der Waals surface area contributed by atoms with Crippen LogP contribution in [0.5, 0.6) is 0 Å². The van der Waals surface area contributed by atoms with Crippen LogP contribution in [0.3, 0.4) is 0 Å². The predicted octanol–water partition coefficient (Wildman–Crippen LogP) is 3.41. The van der Waals surface area contributed by atoms with Crippen molar-refractivity contribution < 1.29 is 19.1 Å². The van der Waals surface area contributed by atoms with Crippen molar-refractivity contribution in [2.75, 3.05) is 23.4 Å². The van der Waals surface area contributed by atoms with Crippen LogP contribution in [0.25, 0.3) is 0 Å². The SMILES string of the molecule is CCOC(=O)c1ccc(NC(=O)NC2CC(=O)N(c3ccc(C)c(C)c3)C2)cc1. The van der Waals surface area contributed by atoms with E-state index in [1.165, 1.54) is 5.56 Å². The Bertz CT molecular complexity index is 924. The van der Waals surface area contributed by atoms with Gasteiger partial charge >= 0.3 is 12.0 Å². The molecule has 0 bridgehead atoms. The second-order valence-electron chi connectivity index (χ2n) is 7.07. The maximum absolute atomic E-state index is 12.4. The van der Waals surface area contributed by atoms with Gasteiger partial charge in [-0.15, -0.1) is 0 Å². The van der Waals surface area contributed by atoms with Gasteiger partial charge in [-0.3, -0.25) is 4.79 Å². The number of nitrogens with zero attached hydrogens (tertiary/aromatic N) is 1. The lowest BCUT2D eigenvalue weighted by molar-refractivity contribution is -0.117. The minimum absolute atomic E-state index is 0.0163. The van der Waals surface area contributed by atoms with Crippen molar-refractivity contribution in [3.63, 3.8) is 0 Å². The first kappa shape index (κ1) is 20.4. The monoisotopic (exact) mass is 395 g/mol. The van der Waals surface area contributed by atoms with Crippen molar-refractivity contribution in [1.29, 1.82) is 0 Å². The molecule has 29 heavy (non-hydrogen) atoms. The zero-order valence-electron chi connectivity index (χ0n) is 16.8. The van der Waals surface area contributed by atoms with Crippen molar-refractivity contribution in [1.82, 2.24) is 5.32 Å². The molecule has 2 aromatic carbocycles. The molecule has 1 heterocycles. The Morgan fingerprint density at radius 2 is 1.83 bits per heavy atom. The quantitative estimate of drug-likeness (QED) is 0.760. The summed E-state index contributed by atoms with van der Waals surface area (Å²) < 4.78 is 4.93. The third kappa shape index (κ3) is 4.93. The normalized spacial score (nSPS) is 15.9. The first-order chi connectivity index (χ1) is 13.9. The fourth-order valence-corrected chi connectivity index (χ4v) is 3.20. The van der Waals surface area contributed by atoms with Crippen molar-refractivity contribution in [2.24, 2.45) is 0 Å². The minimum atomic E-state index is -0.403. The number of carbonyl (C=O) groups excluding carboxylic acids is 3. The lowest BCUT2D eigenvalue weighted by Crippen LogP contribution is -2.39. The number of ether oxygens (including phenoxy) is 1. The zero-order valence-corrected chi connectivity index (χ0v) is 16.8. The Morgan fingerprint density at radius 1 is 1.10 bits per heavy atom. The van der Waals surface area contributed by atoms with Gasteiger partial charge in [0.05, 0.1) is 18.2 Å². The van der Waals surface area contributed by atoms with Crippen LogP contribution in [0.2, 0.25) is 0 Å². The number of hydrogen-bond donors (Lipinski definition) is 2. The highest BCUT2D eigenvalue weighted by Crippen LogP contribution is 2.24. The molecule has 152 valence electrons. The maximum Gasteiger partial charge on any atom is 0.338 e. The lowest BCUT2D eigenvalue weighted by atomic mass is 10.1. The number of carbonyl (C=O) groups is 3. The molecule has 0 saturated carbocycles. The molecule has 1 aliphatic rings. The van der Waals surface area contributed by atoms with E-state index in [-0.39, 0.29) is 18.4 Å².